The van der Waals surface area contributed by atoms with E-state index in [9.17, 15) is 0 Å². The fourth-order valence-electron chi connectivity index (χ4n) is 1.71. The molecule has 1 aromatic heterocycles. The van der Waals surface area contributed by atoms with E-state index >= 15 is 0 Å². The third kappa shape index (κ3) is 3.71. The molecule has 1 aromatic carbocycles. The van der Waals surface area contributed by atoms with Gasteiger partial charge in [0.25, 0.3) is 0 Å². The smallest absolute Gasteiger partial charge is 0.208 e. The zero-order chi connectivity index (χ0) is 13.7. The molecule has 2 rings (SSSR count). The molecule has 1 atom stereocenters. The van der Waals surface area contributed by atoms with Crippen LogP contribution in [-0.4, -0.2) is 27.5 Å². The number of benzene rings is 1. The molecule has 0 amide bonds. The first-order valence-electron chi connectivity index (χ1n) is 6.19. The number of aromatic nitrogens is 3. The van der Waals surface area contributed by atoms with Crippen molar-refractivity contribution in [3.63, 3.8) is 0 Å². The molecule has 5 nitrogen and oxygen atoms in total. The first-order valence-corrected chi connectivity index (χ1v) is 7.18. The number of nitrogens with one attached hydrogen (secondary N) is 1. The van der Waals surface area contributed by atoms with Gasteiger partial charge < -0.3 is 10.5 Å². The third-order valence-corrected chi connectivity index (χ3v) is 3.55. The number of ether oxygens (including phenoxy) is 1. The number of nitrogens with two attached hydrogens (primary N) is 1. The SMILES string of the molecule is CCOc1ccccc1C(N)CSc1n[nH]c(C)n1. The Balaban J connectivity index is 2.01. The van der Waals surface area contributed by atoms with Gasteiger partial charge in [0.2, 0.25) is 5.16 Å². The molecule has 19 heavy (non-hydrogen) atoms. The molecule has 0 radical (unpaired) electrons. The Labute approximate surface area is 117 Å². The summed E-state index contributed by atoms with van der Waals surface area (Å²) in [5, 5.41) is 7.62. The van der Waals surface area contributed by atoms with Crippen molar-refractivity contribution >= 4 is 11.8 Å². The summed E-state index contributed by atoms with van der Waals surface area (Å²) in [5.41, 5.74) is 7.23. The minimum atomic E-state index is -0.105. The lowest BCUT2D eigenvalue weighted by Gasteiger charge is -2.15. The topological polar surface area (TPSA) is 76.8 Å². The number of thioether (sulfide) groups is 1. The van der Waals surface area contributed by atoms with Gasteiger partial charge in [0.05, 0.1) is 6.61 Å². The average Bonchev–Trinajstić information content (AvgIpc) is 2.83. The molecular formula is C13H18N4OS. The Bertz CT molecular complexity index is 529. The predicted molar refractivity (Wildman–Crippen MR) is 76.4 cm³/mol. The van der Waals surface area contributed by atoms with Gasteiger partial charge in [-0.1, -0.05) is 30.0 Å². The summed E-state index contributed by atoms with van der Waals surface area (Å²) in [7, 11) is 0. The summed E-state index contributed by atoms with van der Waals surface area (Å²) in [6.07, 6.45) is 0. The summed E-state index contributed by atoms with van der Waals surface area (Å²) >= 11 is 1.54. The van der Waals surface area contributed by atoms with Crippen LogP contribution < -0.4 is 10.5 Å². The summed E-state index contributed by atoms with van der Waals surface area (Å²) in [5.74, 6) is 2.37. The quantitative estimate of drug-likeness (QED) is 0.793. The van der Waals surface area contributed by atoms with Crippen LogP contribution >= 0.6 is 11.8 Å². The number of rotatable bonds is 6. The minimum Gasteiger partial charge on any atom is -0.494 e. The molecule has 0 fully saturated rings. The Morgan fingerprint density at radius 2 is 2.21 bits per heavy atom. The van der Waals surface area contributed by atoms with Crippen LogP contribution in [0.1, 0.15) is 24.4 Å². The molecule has 1 heterocycles. The first-order chi connectivity index (χ1) is 9.20. The van der Waals surface area contributed by atoms with Crippen LogP contribution in [-0.2, 0) is 0 Å². The second-order valence-electron chi connectivity index (χ2n) is 4.09. The van der Waals surface area contributed by atoms with E-state index in [0.29, 0.717) is 12.4 Å². The van der Waals surface area contributed by atoms with Crippen molar-refractivity contribution < 1.29 is 4.74 Å². The maximum absolute atomic E-state index is 6.21. The summed E-state index contributed by atoms with van der Waals surface area (Å²) in [6.45, 7) is 4.48. The lowest BCUT2D eigenvalue weighted by molar-refractivity contribution is 0.335. The highest BCUT2D eigenvalue weighted by Crippen LogP contribution is 2.27. The Morgan fingerprint density at radius 1 is 1.42 bits per heavy atom. The maximum atomic E-state index is 6.21. The molecule has 0 aliphatic heterocycles. The highest BCUT2D eigenvalue weighted by Gasteiger charge is 2.13. The Hall–Kier alpha value is -1.53. The summed E-state index contributed by atoms with van der Waals surface area (Å²) in [6, 6.07) is 7.76. The first kappa shape index (κ1) is 13.9. The largest absolute Gasteiger partial charge is 0.494 e. The molecule has 0 aliphatic rings. The molecule has 0 aliphatic carbocycles. The number of para-hydroxylation sites is 1. The number of H-pyrrole nitrogens is 1. The van der Waals surface area contributed by atoms with Crippen LogP contribution in [0.3, 0.4) is 0 Å². The van der Waals surface area contributed by atoms with E-state index in [1.165, 1.54) is 11.8 Å². The average molecular weight is 278 g/mol. The van der Waals surface area contributed by atoms with E-state index < -0.39 is 0 Å². The molecule has 102 valence electrons. The van der Waals surface area contributed by atoms with Gasteiger partial charge in [-0.2, -0.15) is 0 Å². The molecule has 0 saturated carbocycles. The molecule has 0 spiro atoms. The van der Waals surface area contributed by atoms with Gasteiger partial charge in [-0.25, -0.2) is 4.98 Å². The van der Waals surface area contributed by atoms with Crippen LogP contribution in [0.15, 0.2) is 29.4 Å². The molecule has 0 saturated heterocycles. The van der Waals surface area contributed by atoms with E-state index in [1.807, 2.05) is 38.1 Å². The van der Waals surface area contributed by atoms with Crippen molar-refractivity contribution in [2.24, 2.45) is 5.73 Å². The molecule has 6 heteroatoms. The highest BCUT2D eigenvalue weighted by atomic mass is 32.2. The molecule has 2 aromatic rings. The highest BCUT2D eigenvalue weighted by molar-refractivity contribution is 7.99. The van der Waals surface area contributed by atoms with E-state index in [2.05, 4.69) is 15.2 Å². The van der Waals surface area contributed by atoms with Gasteiger partial charge in [0, 0.05) is 17.4 Å². The van der Waals surface area contributed by atoms with Gasteiger partial charge in [-0.15, -0.1) is 5.10 Å². The van der Waals surface area contributed by atoms with Crippen molar-refractivity contribution in [3.05, 3.63) is 35.7 Å². The number of nitrogens with zero attached hydrogens (tertiary/aromatic N) is 2. The second-order valence-corrected chi connectivity index (χ2v) is 5.08. The van der Waals surface area contributed by atoms with Crippen LogP contribution in [0.4, 0.5) is 0 Å². The van der Waals surface area contributed by atoms with Gasteiger partial charge in [0.15, 0.2) is 0 Å². The van der Waals surface area contributed by atoms with Crippen molar-refractivity contribution in [1.29, 1.82) is 0 Å². The van der Waals surface area contributed by atoms with Gasteiger partial charge in [-0.05, 0) is 19.9 Å². The number of aromatic amines is 1. The lowest BCUT2D eigenvalue weighted by Crippen LogP contribution is -2.14. The Morgan fingerprint density at radius 3 is 2.89 bits per heavy atom. The molecule has 3 N–H and O–H groups in total. The molecule has 0 bridgehead atoms. The maximum Gasteiger partial charge on any atom is 0.208 e. The number of aryl methyl sites for hydroxylation is 1. The predicted octanol–water partition coefficient (Wildman–Crippen LogP) is 2.30. The van der Waals surface area contributed by atoms with Crippen LogP contribution in [0.25, 0.3) is 0 Å². The standard InChI is InChI=1S/C13H18N4OS/c1-3-18-12-7-5-4-6-10(12)11(14)8-19-13-15-9(2)16-17-13/h4-7,11H,3,8,14H2,1-2H3,(H,15,16,17). The minimum absolute atomic E-state index is 0.105. The van der Waals surface area contributed by atoms with Crippen molar-refractivity contribution in [1.82, 2.24) is 15.2 Å². The van der Waals surface area contributed by atoms with Crippen LogP contribution in [0, 0.1) is 6.92 Å². The number of hydrogen-bond donors (Lipinski definition) is 2. The molecular weight excluding hydrogens is 260 g/mol. The molecule has 1 unspecified atom stereocenters. The Kier molecular flexibility index (Phi) is 4.81. The number of hydrogen-bond acceptors (Lipinski definition) is 5. The van der Waals surface area contributed by atoms with E-state index in [-0.39, 0.29) is 6.04 Å². The van der Waals surface area contributed by atoms with Gasteiger partial charge in [0.1, 0.15) is 11.6 Å². The fraction of sp³-hybridized carbons (Fsp3) is 0.385. The van der Waals surface area contributed by atoms with Crippen molar-refractivity contribution in [3.8, 4) is 5.75 Å². The lowest BCUT2D eigenvalue weighted by atomic mass is 10.1. The zero-order valence-corrected chi connectivity index (χ0v) is 11.9. The van der Waals surface area contributed by atoms with Gasteiger partial charge in [-0.3, -0.25) is 5.10 Å². The third-order valence-electron chi connectivity index (χ3n) is 2.59. The zero-order valence-electron chi connectivity index (χ0n) is 11.1. The normalized spacial score (nSPS) is 12.4. The van der Waals surface area contributed by atoms with Crippen LogP contribution in [0.5, 0.6) is 5.75 Å². The fourth-order valence-corrected chi connectivity index (χ4v) is 2.53. The van der Waals surface area contributed by atoms with Gasteiger partial charge >= 0.3 is 0 Å². The van der Waals surface area contributed by atoms with Crippen molar-refractivity contribution in [2.75, 3.05) is 12.4 Å². The van der Waals surface area contributed by atoms with Crippen molar-refractivity contribution in [2.45, 2.75) is 25.0 Å². The summed E-state index contributed by atoms with van der Waals surface area (Å²) in [4.78, 5) is 4.24. The van der Waals surface area contributed by atoms with E-state index in [0.717, 1.165) is 22.3 Å². The van der Waals surface area contributed by atoms with E-state index in [4.69, 9.17) is 10.5 Å². The monoisotopic (exact) mass is 278 g/mol. The summed E-state index contributed by atoms with van der Waals surface area (Å²) < 4.78 is 5.59. The van der Waals surface area contributed by atoms with E-state index in [1.54, 1.807) is 0 Å². The second kappa shape index (κ2) is 6.58. The van der Waals surface area contributed by atoms with Crippen LogP contribution in [0.2, 0.25) is 0 Å².